The lowest BCUT2D eigenvalue weighted by molar-refractivity contribution is -0.121. The molecule has 1 aromatic carbocycles. The molecule has 2 aromatic rings. The van der Waals surface area contributed by atoms with Crippen LogP contribution in [0.5, 0.6) is 0 Å². The van der Waals surface area contributed by atoms with Gasteiger partial charge in [0.05, 0.1) is 14.8 Å². The summed E-state index contributed by atoms with van der Waals surface area (Å²) < 4.78 is 61.8. The first-order valence-corrected chi connectivity index (χ1v) is 9.46. The van der Waals surface area contributed by atoms with E-state index in [0.29, 0.717) is 4.34 Å². The first-order chi connectivity index (χ1) is 11.5. The van der Waals surface area contributed by atoms with Crippen LogP contribution in [0.15, 0.2) is 35.2 Å². The van der Waals surface area contributed by atoms with E-state index in [-0.39, 0.29) is 20.5 Å². The lowest BCUT2D eigenvalue weighted by atomic mass is 10.3. The molecule has 0 radical (unpaired) electrons. The minimum Gasteiger partial charge on any atom is -0.322 e. The Hall–Kier alpha value is -1.33. The quantitative estimate of drug-likeness (QED) is 0.744. The molecule has 0 spiro atoms. The van der Waals surface area contributed by atoms with E-state index in [1.54, 1.807) is 0 Å². The molecular weight excluding hydrogens is 424 g/mol. The van der Waals surface area contributed by atoms with Crippen LogP contribution >= 0.6 is 34.5 Å². The minimum atomic E-state index is -4.66. The maximum atomic E-state index is 12.1. The van der Waals surface area contributed by atoms with Gasteiger partial charge >= 0.3 is 6.18 Å². The fourth-order valence-corrected chi connectivity index (χ4v) is 4.14. The SMILES string of the molecule is O=C(Nc1ccc(S(=O)(=O)NCC(F)(F)F)cc1)c1cc(Cl)sc1Cl. The molecule has 1 amide bonds. The second-order valence-electron chi connectivity index (χ2n) is 4.66. The summed E-state index contributed by atoms with van der Waals surface area (Å²) in [7, 11) is -4.31. The molecule has 2 rings (SSSR count). The van der Waals surface area contributed by atoms with Crippen LogP contribution in [0.4, 0.5) is 18.9 Å². The lowest BCUT2D eigenvalue weighted by Gasteiger charge is -2.10. The van der Waals surface area contributed by atoms with Crippen LogP contribution in [0, 0.1) is 0 Å². The van der Waals surface area contributed by atoms with Crippen molar-refractivity contribution in [3.63, 3.8) is 0 Å². The highest BCUT2D eigenvalue weighted by molar-refractivity contribution is 7.89. The lowest BCUT2D eigenvalue weighted by Crippen LogP contribution is -2.33. The average molecular weight is 433 g/mol. The van der Waals surface area contributed by atoms with E-state index in [4.69, 9.17) is 23.2 Å². The smallest absolute Gasteiger partial charge is 0.322 e. The number of hydrogen-bond acceptors (Lipinski definition) is 4. The van der Waals surface area contributed by atoms with Crippen molar-refractivity contribution >= 4 is 56.2 Å². The van der Waals surface area contributed by atoms with Crippen LogP contribution in [-0.2, 0) is 10.0 Å². The zero-order chi connectivity index (χ0) is 18.8. The van der Waals surface area contributed by atoms with Gasteiger partial charge in [0.2, 0.25) is 10.0 Å². The van der Waals surface area contributed by atoms with Crippen molar-refractivity contribution in [1.82, 2.24) is 4.72 Å². The second kappa shape index (κ2) is 7.50. The first-order valence-electron chi connectivity index (χ1n) is 6.40. The maximum Gasteiger partial charge on any atom is 0.402 e. The van der Waals surface area contributed by atoms with Gasteiger partial charge in [-0.3, -0.25) is 4.79 Å². The topological polar surface area (TPSA) is 75.3 Å². The van der Waals surface area contributed by atoms with Crippen LogP contribution in [0.2, 0.25) is 8.67 Å². The molecule has 0 aliphatic rings. The molecule has 0 fully saturated rings. The summed E-state index contributed by atoms with van der Waals surface area (Å²) in [5.74, 6) is -0.557. The van der Waals surface area contributed by atoms with Gasteiger partial charge in [0.25, 0.3) is 5.91 Å². The summed E-state index contributed by atoms with van der Waals surface area (Å²) in [5, 5.41) is 2.48. The number of carbonyl (C=O) groups excluding carboxylic acids is 1. The van der Waals surface area contributed by atoms with Gasteiger partial charge in [-0.15, -0.1) is 11.3 Å². The van der Waals surface area contributed by atoms with Gasteiger partial charge in [-0.05, 0) is 30.3 Å². The number of anilines is 1. The van der Waals surface area contributed by atoms with Gasteiger partial charge in [-0.2, -0.15) is 13.2 Å². The highest BCUT2D eigenvalue weighted by Gasteiger charge is 2.30. The third kappa shape index (κ3) is 5.58. The van der Waals surface area contributed by atoms with E-state index in [1.165, 1.54) is 22.9 Å². The van der Waals surface area contributed by atoms with Crippen molar-refractivity contribution < 1.29 is 26.4 Å². The standard InChI is InChI=1S/C13H9Cl2F3N2O3S2/c14-10-5-9(11(15)24-10)12(21)20-7-1-3-8(4-2-7)25(22,23)19-6-13(16,17)18/h1-5,19H,6H2,(H,20,21). The van der Waals surface area contributed by atoms with Crippen LogP contribution in [-0.4, -0.2) is 27.0 Å². The molecule has 12 heteroatoms. The molecular formula is C13H9Cl2F3N2O3S2. The second-order valence-corrected chi connectivity index (χ2v) is 8.71. The molecule has 5 nitrogen and oxygen atoms in total. The molecule has 0 unspecified atom stereocenters. The molecule has 0 atom stereocenters. The van der Waals surface area contributed by atoms with Crippen LogP contribution in [0.25, 0.3) is 0 Å². The number of hydrogen-bond donors (Lipinski definition) is 2. The van der Waals surface area contributed by atoms with Crippen LogP contribution in [0.3, 0.4) is 0 Å². The monoisotopic (exact) mass is 432 g/mol. The Kier molecular flexibility index (Phi) is 6.00. The van der Waals surface area contributed by atoms with Gasteiger partial charge in [0.1, 0.15) is 10.9 Å². The normalized spacial score (nSPS) is 12.2. The zero-order valence-corrected chi connectivity index (χ0v) is 15.2. The van der Waals surface area contributed by atoms with Gasteiger partial charge in [-0.25, -0.2) is 13.1 Å². The number of rotatable bonds is 5. The van der Waals surface area contributed by atoms with E-state index in [1.807, 2.05) is 0 Å². The van der Waals surface area contributed by atoms with Gasteiger partial charge in [0, 0.05) is 5.69 Å². The Morgan fingerprint density at radius 1 is 1.16 bits per heavy atom. The first kappa shape index (κ1) is 20.0. The Balaban J connectivity index is 2.09. The van der Waals surface area contributed by atoms with Crippen LogP contribution < -0.4 is 10.0 Å². The highest BCUT2D eigenvalue weighted by Crippen LogP contribution is 2.31. The molecule has 1 heterocycles. The molecule has 25 heavy (non-hydrogen) atoms. The van der Waals surface area contributed by atoms with Crippen molar-refractivity contribution in [1.29, 1.82) is 0 Å². The maximum absolute atomic E-state index is 12.1. The Morgan fingerprint density at radius 2 is 1.76 bits per heavy atom. The van der Waals surface area contributed by atoms with Crippen molar-refractivity contribution in [3.8, 4) is 0 Å². The van der Waals surface area contributed by atoms with E-state index in [0.717, 1.165) is 23.5 Å². The molecule has 0 saturated heterocycles. The fourth-order valence-electron chi connectivity index (χ4n) is 1.67. The molecule has 1 aromatic heterocycles. The number of amides is 1. The largest absolute Gasteiger partial charge is 0.402 e. The van der Waals surface area contributed by atoms with E-state index >= 15 is 0 Å². The molecule has 2 N–H and O–H groups in total. The number of sulfonamides is 1. The summed E-state index contributed by atoms with van der Waals surface area (Å²) in [6.07, 6.45) is -4.66. The number of nitrogens with one attached hydrogen (secondary N) is 2. The molecule has 0 aliphatic heterocycles. The van der Waals surface area contributed by atoms with E-state index in [9.17, 15) is 26.4 Å². The third-order valence-corrected chi connectivity index (χ3v) is 5.69. The summed E-state index contributed by atoms with van der Waals surface area (Å²) in [6.45, 7) is -1.68. The average Bonchev–Trinajstić information content (AvgIpc) is 2.84. The minimum absolute atomic E-state index is 0.153. The Labute approximate surface area is 154 Å². The zero-order valence-electron chi connectivity index (χ0n) is 12.0. The summed E-state index contributed by atoms with van der Waals surface area (Å²) in [5.41, 5.74) is 0.387. The van der Waals surface area contributed by atoms with Crippen molar-refractivity contribution in [2.45, 2.75) is 11.1 Å². The van der Waals surface area contributed by atoms with Gasteiger partial charge in [-0.1, -0.05) is 23.2 Å². The Bertz CT molecular complexity index is 881. The third-order valence-electron chi connectivity index (χ3n) is 2.79. The van der Waals surface area contributed by atoms with E-state index in [2.05, 4.69) is 5.32 Å². The number of halogens is 5. The van der Waals surface area contributed by atoms with E-state index < -0.39 is 28.7 Å². The Morgan fingerprint density at radius 3 is 2.24 bits per heavy atom. The predicted molar refractivity (Wildman–Crippen MR) is 90.0 cm³/mol. The van der Waals surface area contributed by atoms with Crippen molar-refractivity contribution in [2.75, 3.05) is 11.9 Å². The molecule has 0 saturated carbocycles. The number of carbonyl (C=O) groups is 1. The van der Waals surface area contributed by atoms with Crippen molar-refractivity contribution in [2.24, 2.45) is 0 Å². The number of thiophene rings is 1. The summed E-state index contributed by atoms with van der Waals surface area (Å²) in [6, 6.07) is 5.99. The highest BCUT2D eigenvalue weighted by atomic mass is 35.5. The summed E-state index contributed by atoms with van der Waals surface area (Å²) >= 11 is 12.6. The molecule has 0 bridgehead atoms. The van der Waals surface area contributed by atoms with Crippen molar-refractivity contribution in [3.05, 3.63) is 44.6 Å². The number of alkyl halides is 3. The molecule has 0 aliphatic carbocycles. The van der Waals surface area contributed by atoms with Gasteiger partial charge < -0.3 is 5.32 Å². The summed E-state index contributed by atoms with van der Waals surface area (Å²) in [4.78, 5) is 11.7. The van der Waals surface area contributed by atoms with Crippen LogP contribution in [0.1, 0.15) is 10.4 Å². The van der Waals surface area contributed by atoms with Gasteiger partial charge in [0.15, 0.2) is 0 Å². The molecule has 136 valence electrons. The predicted octanol–water partition coefficient (Wildman–Crippen LogP) is 4.15. The fraction of sp³-hybridized carbons (Fsp3) is 0.154. The number of benzene rings is 1.